The van der Waals surface area contributed by atoms with Gasteiger partial charge < -0.3 is 10.1 Å². The van der Waals surface area contributed by atoms with E-state index in [-0.39, 0.29) is 35.3 Å². The number of carbonyl (C=O) groups excluding carboxylic acids is 1. The molecule has 0 aliphatic carbocycles. The SMILES string of the molecule is CC1CN(S(=O)(=O)c2cccc(NC(=O)c3ccccc3F)c2)CCO1. The van der Waals surface area contributed by atoms with Crippen LogP contribution < -0.4 is 5.32 Å². The fraction of sp³-hybridized carbons (Fsp3) is 0.278. The van der Waals surface area contributed by atoms with E-state index in [0.717, 1.165) is 0 Å². The highest BCUT2D eigenvalue weighted by atomic mass is 32.2. The van der Waals surface area contributed by atoms with E-state index in [1.165, 1.54) is 40.7 Å². The molecule has 1 fully saturated rings. The van der Waals surface area contributed by atoms with Gasteiger partial charge in [-0.25, -0.2) is 12.8 Å². The molecule has 2 aromatic rings. The molecule has 1 N–H and O–H groups in total. The Hall–Kier alpha value is -2.29. The van der Waals surface area contributed by atoms with Crippen molar-refractivity contribution in [2.45, 2.75) is 17.9 Å². The van der Waals surface area contributed by atoms with Gasteiger partial charge in [0.05, 0.1) is 23.2 Å². The zero-order valence-corrected chi connectivity index (χ0v) is 15.0. The predicted molar refractivity (Wildman–Crippen MR) is 95.0 cm³/mol. The minimum atomic E-state index is -3.70. The molecule has 1 aliphatic heterocycles. The summed E-state index contributed by atoms with van der Waals surface area (Å²) in [5, 5.41) is 2.54. The van der Waals surface area contributed by atoms with Gasteiger partial charge in [-0.1, -0.05) is 18.2 Å². The van der Waals surface area contributed by atoms with Gasteiger partial charge in [0.25, 0.3) is 5.91 Å². The third-order valence-corrected chi connectivity index (χ3v) is 5.91. The highest BCUT2D eigenvalue weighted by Gasteiger charge is 2.29. The number of sulfonamides is 1. The first kappa shape index (κ1) is 18.5. The average molecular weight is 378 g/mol. The summed E-state index contributed by atoms with van der Waals surface area (Å²) < 4.78 is 46.0. The van der Waals surface area contributed by atoms with Crippen LogP contribution in [0.4, 0.5) is 10.1 Å². The van der Waals surface area contributed by atoms with Crippen LogP contribution in [0, 0.1) is 5.82 Å². The van der Waals surface area contributed by atoms with Crippen LogP contribution in [-0.2, 0) is 14.8 Å². The lowest BCUT2D eigenvalue weighted by atomic mass is 10.2. The summed E-state index contributed by atoms with van der Waals surface area (Å²) in [6, 6.07) is 11.5. The normalized spacial score (nSPS) is 18.5. The lowest BCUT2D eigenvalue weighted by molar-refractivity contribution is 0.0102. The van der Waals surface area contributed by atoms with Crippen molar-refractivity contribution in [1.82, 2.24) is 4.31 Å². The molecule has 0 aromatic heterocycles. The van der Waals surface area contributed by atoms with Gasteiger partial charge in [0.2, 0.25) is 10.0 Å². The number of halogens is 1. The van der Waals surface area contributed by atoms with Gasteiger partial charge >= 0.3 is 0 Å². The fourth-order valence-corrected chi connectivity index (χ4v) is 4.28. The maximum atomic E-state index is 13.7. The number of nitrogens with one attached hydrogen (secondary N) is 1. The van der Waals surface area contributed by atoms with E-state index in [1.807, 2.05) is 6.92 Å². The first-order valence-electron chi connectivity index (χ1n) is 8.15. The summed E-state index contributed by atoms with van der Waals surface area (Å²) in [5.41, 5.74) is 0.170. The van der Waals surface area contributed by atoms with E-state index >= 15 is 0 Å². The molecule has 3 rings (SSSR count). The van der Waals surface area contributed by atoms with Crippen LogP contribution in [-0.4, -0.2) is 44.4 Å². The Morgan fingerprint density at radius 1 is 1.23 bits per heavy atom. The lowest BCUT2D eigenvalue weighted by Crippen LogP contribution is -2.44. The zero-order chi connectivity index (χ0) is 18.7. The fourth-order valence-electron chi connectivity index (χ4n) is 2.73. The Bertz CT molecular complexity index is 917. The van der Waals surface area contributed by atoms with Gasteiger partial charge in [0, 0.05) is 18.8 Å². The monoisotopic (exact) mass is 378 g/mol. The van der Waals surface area contributed by atoms with E-state index in [2.05, 4.69) is 5.32 Å². The van der Waals surface area contributed by atoms with Crippen LogP contribution in [0.3, 0.4) is 0 Å². The minimum Gasteiger partial charge on any atom is -0.376 e. The maximum Gasteiger partial charge on any atom is 0.258 e. The molecule has 1 saturated heterocycles. The molecule has 1 aliphatic rings. The molecule has 0 bridgehead atoms. The minimum absolute atomic E-state index is 0.0675. The number of anilines is 1. The van der Waals surface area contributed by atoms with Crippen molar-refractivity contribution >= 4 is 21.6 Å². The van der Waals surface area contributed by atoms with Gasteiger partial charge in [-0.2, -0.15) is 4.31 Å². The van der Waals surface area contributed by atoms with Crippen molar-refractivity contribution < 1.29 is 22.3 Å². The molecule has 1 heterocycles. The number of nitrogens with zero attached hydrogens (tertiary/aromatic N) is 1. The van der Waals surface area contributed by atoms with Crippen LogP contribution in [0.5, 0.6) is 0 Å². The number of hydrogen-bond donors (Lipinski definition) is 1. The van der Waals surface area contributed by atoms with E-state index in [9.17, 15) is 17.6 Å². The van der Waals surface area contributed by atoms with Crippen LogP contribution in [0.1, 0.15) is 17.3 Å². The van der Waals surface area contributed by atoms with Crippen molar-refractivity contribution in [3.63, 3.8) is 0 Å². The summed E-state index contributed by atoms with van der Waals surface area (Å²) in [5.74, 6) is -1.28. The van der Waals surface area contributed by atoms with Crippen LogP contribution in [0.25, 0.3) is 0 Å². The number of benzene rings is 2. The van der Waals surface area contributed by atoms with Gasteiger partial charge in [0.1, 0.15) is 5.82 Å². The second-order valence-corrected chi connectivity index (χ2v) is 7.94. The van der Waals surface area contributed by atoms with Gasteiger partial charge in [-0.15, -0.1) is 0 Å². The van der Waals surface area contributed by atoms with Crippen molar-refractivity contribution in [3.8, 4) is 0 Å². The summed E-state index contributed by atoms with van der Waals surface area (Å²) in [7, 11) is -3.70. The number of ether oxygens (including phenoxy) is 1. The Labute approximate surface area is 151 Å². The third-order valence-electron chi connectivity index (χ3n) is 4.05. The molecule has 26 heavy (non-hydrogen) atoms. The number of hydrogen-bond acceptors (Lipinski definition) is 4. The number of amides is 1. The topological polar surface area (TPSA) is 75.7 Å². The second-order valence-electron chi connectivity index (χ2n) is 6.01. The van der Waals surface area contributed by atoms with E-state index in [0.29, 0.717) is 6.61 Å². The summed E-state index contributed by atoms with van der Waals surface area (Å²) in [6.07, 6.45) is -0.178. The molecule has 1 amide bonds. The smallest absolute Gasteiger partial charge is 0.258 e. The molecule has 1 atom stereocenters. The highest BCUT2D eigenvalue weighted by Crippen LogP contribution is 2.22. The molecule has 8 heteroatoms. The first-order valence-corrected chi connectivity index (χ1v) is 9.59. The molecule has 2 aromatic carbocycles. The number of morpholine rings is 1. The van der Waals surface area contributed by atoms with Crippen molar-refractivity contribution in [3.05, 3.63) is 59.9 Å². The maximum absolute atomic E-state index is 13.7. The summed E-state index contributed by atoms with van der Waals surface area (Å²) >= 11 is 0. The molecule has 138 valence electrons. The lowest BCUT2D eigenvalue weighted by Gasteiger charge is -2.30. The molecule has 0 saturated carbocycles. The number of carbonyl (C=O) groups is 1. The third kappa shape index (κ3) is 3.92. The van der Waals surface area contributed by atoms with Crippen molar-refractivity contribution in [1.29, 1.82) is 0 Å². The predicted octanol–water partition coefficient (Wildman–Crippen LogP) is 2.49. The molecule has 6 nitrogen and oxygen atoms in total. The van der Waals surface area contributed by atoms with E-state index in [4.69, 9.17) is 4.74 Å². The Morgan fingerprint density at radius 3 is 2.73 bits per heavy atom. The second kappa shape index (κ2) is 7.53. The molecule has 1 unspecified atom stereocenters. The Kier molecular flexibility index (Phi) is 5.36. The Morgan fingerprint density at radius 2 is 2.00 bits per heavy atom. The van der Waals surface area contributed by atoms with Crippen LogP contribution in [0.2, 0.25) is 0 Å². The van der Waals surface area contributed by atoms with Gasteiger partial charge in [-0.05, 0) is 37.3 Å². The first-order chi connectivity index (χ1) is 12.4. The molecule has 0 spiro atoms. The highest BCUT2D eigenvalue weighted by molar-refractivity contribution is 7.89. The number of rotatable bonds is 4. The Balaban J connectivity index is 1.82. The van der Waals surface area contributed by atoms with E-state index in [1.54, 1.807) is 12.1 Å². The van der Waals surface area contributed by atoms with Gasteiger partial charge in [0.15, 0.2) is 0 Å². The van der Waals surface area contributed by atoms with E-state index < -0.39 is 21.7 Å². The van der Waals surface area contributed by atoms with Gasteiger partial charge in [-0.3, -0.25) is 4.79 Å². The van der Waals surface area contributed by atoms with Crippen LogP contribution in [0.15, 0.2) is 53.4 Å². The molecular formula is C18H19FN2O4S. The van der Waals surface area contributed by atoms with Crippen molar-refractivity contribution in [2.75, 3.05) is 25.0 Å². The van der Waals surface area contributed by atoms with Crippen LogP contribution >= 0.6 is 0 Å². The molecular weight excluding hydrogens is 359 g/mol. The quantitative estimate of drug-likeness (QED) is 0.887. The average Bonchev–Trinajstić information content (AvgIpc) is 2.62. The molecule has 0 radical (unpaired) electrons. The largest absolute Gasteiger partial charge is 0.376 e. The standard InChI is InChI=1S/C18H19FN2O4S/c1-13-12-21(9-10-25-13)26(23,24)15-6-4-5-14(11-15)20-18(22)16-7-2-3-8-17(16)19/h2-8,11,13H,9-10,12H2,1H3,(H,20,22). The zero-order valence-electron chi connectivity index (χ0n) is 14.2. The summed E-state index contributed by atoms with van der Waals surface area (Å²) in [6.45, 7) is 2.70. The summed E-state index contributed by atoms with van der Waals surface area (Å²) in [4.78, 5) is 12.3. The van der Waals surface area contributed by atoms with Crippen molar-refractivity contribution in [2.24, 2.45) is 0 Å².